The summed E-state index contributed by atoms with van der Waals surface area (Å²) in [5.74, 6) is 0.978. The molecule has 6 nitrogen and oxygen atoms in total. The van der Waals surface area contributed by atoms with Crippen molar-refractivity contribution in [2.45, 2.75) is 19.0 Å². The van der Waals surface area contributed by atoms with Crippen LogP contribution in [0.2, 0.25) is 0 Å². The van der Waals surface area contributed by atoms with Crippen molar-refractivity contribution in [3.05, 3.63) is 29.8 Å². The minimum absolute atomic E-state index is 0.0550. The number of methoxy groups -OCH3 is 1. The summed E-state index contributed by atoms with van der Waals surface area (Å²) in [4.78, 5) is 13.5. The van der Waals surface area contributed by atoms with Crippen molar-refractivity contribution in [1.29, 1.82) is 0 Å². The molecule has 21 heavy (non-hydrogen) atoms. The Morgan fingerprint density at radius 2 is 2.05 bits per heavy atom. The zero-order chi connectivity index (χ0) is 15.5. The molecule has 0 aromatic heterocycles. The van der Waals surface area contributed by atoms with Gasteiger partial charge in [0.05, 0.1) is 18.6 Å². The fraction of sp³-hybridized carbons (Fsp3) is 0.500. The molecule has 2 rings (SSSR count). The van der Waals surface area contributed by atoms with Gasteiger partial charge < -0.3 is 15.0 Å². The third kappa shape index (κ3) is 4.10. The van der Waals surface area contributed by atoms with E-state index in [9.17, 15) is 13.2 Å². The van der Waals surface area contributed by atoms with Crippen molar-refractivity contribution in [3.63, 3.8) is 0 Å². The molecule has 1 aromatic rings. The molecule has 1 unspecified atom stereocenters. The van der Waals surface area contributed by atoms with Crippen molar-refractivity contribution in [1.82, 2.24) is 10.2 Å². The predicted octanol–water partition coefficient (Wildman–Crippen LogP) is 1.02. The van der Waals surface area contributed by atoms with Crippen molar-refractivity contribution in [2.24, 2.45) is 0 Å². The quantitative estimate of drug-likeness (QED) is 0.901. The molecule has 0 bridgehead atoms. The maximum absolute atomic E-state index is 12.0. The Labute approximate surface area is 125 Å². The molecule has 1 fully saturated rings. The molecule has 0 spiro atoms. The van der Waals surface area contributed by atoms with Crippen LogP contribution in [0, 0.1) is 0 Å². The Kier molecular flexibility index (Phi) is 4.72. The number of carbonyl (C=O) groups is 1. The molecule has 1 saturated heterocycles. The molecule has 116 valence electrons. The molecule has 0 aliphatic carbocycles. The Hall–Kier alpha value is -1.76. The number of hydrogen-bond donors (Lipinski definition) is 1. The number of ether oxygens (including phenoxy) is 1. The Balaban J connectivity index is 1.86. The standard InChI is InChI=1S/C14H20N2O4S/c1-16(12-7-8-21(18,19)10-12)14(17)15-9-11-3-5-13(20-2)6-4-11/h3-6,12H,7-10H2,1-2H3,(H,15,17). The van der Waals surface area contributed by atoms with Crippen molar-refractivity contribution < 1.29 is 17.9 Å². The van der Waals surface area contributed by atoms with E-state index in [4.69, 9.17) is 4.74 Å². The summed E-state index contributed by atoms with van der Waals surface area (Å²) in [6.45, 7) is 0.395. The van der Waals surface area contributed by atoms with Crippen LogP contribution in [0.5, 0.6) is 5.75 Å². The monoisotopic (exact) mass is 312 g/mol. The van der Waals surface area contributed by atoms with Crippen LogP contribution in [-0.4, -0.2) is 51.1 Å². The number of nitrogens with zero attached hydrogens (tertiary/aromatic N) is 1. The first-order valence-electron chi connectivity index (χ1n) is 6.75. The molecule has 0 radical (unpaired) electrons. The highest BCUT2D eigenvalue weighted by molar-refractivity contribution is 7.91. The van der Waals surface area contributed by atoms with Crippen molar-refractivity contribution >= 4 is 15.9 Å². The van der Waals surface area contributed by atoms with E-state index in [0.717, 1.165) is 11.3 Å². The minimum Gasteiger partial charge on any atom is -0.497 e. The molecule has 1 heterocycles. The molecule has 1 aliphatic rings. The number of benzene rings is 1. The van der Waals surface area contributed by atoms with Gasteiger partial charge in [0, 0.05) is 19.6 Å². The number of amides is 2. The highest BCUT2D eigenvalue weighted by Gasteiger charge is 2.32. The van der Waals surface area contributed by atoms with E-state index in [1.54, 1.807) is 14.2 Å². The molecule has 1 atom stereocenters. The fourth-order valence-electron chi connectivity index (χ4n) is 2.29. The Bertz CT molecular complexity index is 598. The lowest BCUT2D eigenvalue weighted by molar-refractivity contribution is 0.194. The van der Waals surface area contributed by atoms with E-state index in [-0.39, 0.29) is 23.6 Å². The van der Waals surface area contributed by atoms with Gasteiger partial charge >= 0.3 is 6.03 Å². The van der Waals surface area contributed by atoms with E-state index in [0.29, 0.717) is 13.0 Å². The van der Waals surface area contributed by atoms with E-state index in [1.807, 2.05) is 24.3 Å². The van der Waals surface area contributed by atoms with Crippen LogP contribution in [0.25, 0.3) is 0 Å². The van der Waals surface area contributed by atoms with Gasteiger partial charge in [-0.1, -0.05) is 12.1 Å². The van der Waals surface area contributed by atoms with Gasteiger partial charge in [0.15, 0.2) is 9.84 Å². The number of nitrogens with one attached hydrogen (secondary N) is 1. The van der Waals surface area contributed by atoms with E-state index >= 15 is 0 Å². The third-order valence-electron chi connectivity index (χ3n) is 3.68. The topological polar surface area (TPSA) is 75.7 Å². The Morgan fingerprint density at radius 1 is 1.38 bits per heavy atom. The number of urea groups is 1. The summed E-state index contributed by atoms with van der Waals surface area (Å²) in [5.41, 5.74) is 0.955. The zero-order valence-electron chi connectivity index (χ0n) is 12.2. The normalized spacial score (nSPS) is 20.0. The van der Waals surface area contributed by atoms with Crippen molar-refractivity contribution in [3.8, 4) is 5.75 Å². The average molecular weight is 312 g/mol. The van der Waals surface area contributed by atoms with Gasteiger partial charge in [-0.3, -0.25) is 0 Å². The van der Waals surface area contributed by atoms with Crippen LogP contribution >= 0.6 is 0 Å². The summed E-state index contributed by atoms with van der Waals surface area (Å²) in [5, 5.41) is 2.79. The number of carbonyl (C=O) groups excluding carboxylic acids is 1. The summed E-state index contributed by atoms with van der Waals surface area (Å²) in [7, 11) is 0.248. The molecule has 2 amide bonds. The highest BCUT2D eigenvalue weighted by Crippen LogP contribution is 2.16. The lowest BCUT2D eigenvalue weighted by Crippen LogP contribution is -2.43. The second-order valence-corrected chi connectivity index (χ2v) is 7.40. The van der Waals surface area contributed by atoms with Gasteiger partial charge in [-0.05, 0) is 24.1 Å². The lowest BCUT2D eigenvalue weighted by Gasteiger charge is -2.23. The summed E-state index contributed by atoms with van der Waals surface area (Å²) in [6, 6.07) is 6.92. The van der Waals surface area contributed by atoms with Gasteiger partial charge in [0.1, 0.15) is 5.75 Å². The SMILES string of the molecule is COc1ccc(CNC(=O)N(C)C2CCS(=O)(=O)C2)cc1. The zero-order valence-corrected chi connectivity index (χ0v) is 13.0. The smallest absolute Gasteiger partial charge is 0.317 e. The summed E-state index contributed by atoms with van der Waals surface area (Å²) < 4.78 is 27.9. The number of sulfone groups is 1. The number of hydrogen-bond acceptors (Lipinski definition) is 4. The van der Waals surface area contributed by atoms with Gasteiger partial charge in [0.25, 0.3) is 0 Å². The van der Waals surface area contributed by atoms with Gasteiger partial charge in [-0.15, -0.1) is 0 Å². The maximum Gasteiger partial charge on any atom is 0.317 e. The van der Waals surface area contributed by atoms with Gasteiger partial charge in [-0.2, -0.15) is 0 Å². The van der Waals surface area contributed by atoms with Crippen molar-refractivity contribution in [2.75, 3.05) is 25.7 Å². The lowest BCUT2D eigenvalue weighted by atomic mass is 10.2. The van der Waals surface area contributed by atoms with Crippen LogP contribution in [-0.2, 0) is 16.4 Å². The Morgan fingerprint density at radius 3 is 2.57 bits per heavy atom. The minimum atomic E-state index is -2.98. The van der Waals surface area contributed by atoms with Crippen LogP contribution in [0.1, 0.15) is 12.0 Å². The maximum atomic E-state index is 12.0. The van der Waals surface area contributed by atoms with Crippen LogP contribution in [0.15, 0.2) is 24.3 Å². The fourth-order valence-corrected chi connectivity index (χ4v) is 4.07. The van der Waals surface area contributed by atoms with Crippen LogP contribution in [0.4, 0.5) is 4.79 Å². The average Bonchev–Trinajstić information content (AvgIpc) is 2.84. The molecule has 1 aliphatic heterocycles. The van der Waals surface area contributed by atoms with E-state index < -0.39 is 9.84 Å². The first kappa shape index (κ1) is 15.6. The van der Waals surface area contributed by atoms with Crippen LogP contribution in [0.3, 0.4) is 0 Å². The highest BCUT2D eigenvalue weighted by atomic mass is 32.2. The second kappa shape index (κ2) is 6.34. The molecule has 1 aromatic carbocycles. The van der Waals surface area contributed by atoms with Gasteiger partial charge in [0.2, 0.25) is 0 Å². The van der Waals surface area contributed by atoms with Crippen LogP contribution < -0.4 is 10.1 Å². The molecule has 0 saturated carbocycles. The van der Waals surface area contributed by atoms with Gasteiger partial charge in [-0.25, -0.2) is 13.2 Å². The van der Waals surface area contributed by atoms with E-state index in [1.165, 1.54) is 4.90 Å². The number of rotatable bonds is 4. The first-order chi connectivity index (χ1) is 9.91. The largest absolute Gasteiger partial charge is 0.497 e. The molecule has 1 N–H and O–H groups in total. The third-order valence-corrected chi connectivity index (χ3v) is 5.43. The molecular formula is C14H20N2O4S. The van der Waals surface area contributed by atoms with E-state index in [2.05, 4.69) is 5.32 Å². The molecule has 7 heteroatoms. The summed E-state index contributed by atoms with van der Waals surface area (Å²) >= 11 is 0. The predicted molar refractivity (Wildman–Crippen MR) is 80.1 cm³/mol. The summed E-state index contributed by atoms with van der Waals surface area (Å²) in [6.07, 6.45) is 0.509. The molecular weight excluding hydrogens is 292 g/mol. The second-order valence-electron chi connectivity index (χ2n) is 5.17. The first-order valence-corrected chi connectivity index (χ1v) is 8.57.